The monoisotopic (exact) mass is 229 g/mol. The molecule has 0 aliphatic heterocycles. The van der Waals surface area contributed by atoms with E-state index in [1.54, 1.807) is 6.07 Å². The molecular formula is C11H16ClNS. The van der Waals surface area contributed by atoms with Gasteiger partial charge in [0.25, 0.3) is 0 Å². The number of hydrogen-bond acceptors (Lipinski definition) is 2. The minimum atomic E-state index is 0.269. The van der Waals surface area contributed by atoms with Crippen molar-refractivity contribution in [1.29, 1.82) is 0 Å². The minimum absolute atomic E-state index is 0.269. The molecule has 3 heteroatoms. The fraction of sp³-hybridized carbons (Fsp3) is 0.455. The van der Waals surface area contributed by atoms with Crippen molar-refractivity contribution < 1.29 is 0 Å². The molecule has 0 fully saturated rings. The number of anilines is 1. The predicted octanol–water partition coefficient (Wildman–Crippen LogP) is 3.95. The van der Waals surface area contributed by atoms with Gasteiger partial charge in [0.05, 0.1) is 0 Å². The SMILES string of the molecule is CC(C)(C)SCc1ccc(N)cc1Cl. The van der Waals surface area contributed by atoms with E-state index in [9.17, 15) is 0 Å². The van der Waals surface area contributed by atoms with Gasteiger partial charge in [0.1, 0.15) is 0 Å². The van der Waals surface area contributed by atoms with Gasteiger partial charge in [-0.2, -0.15) is 11.8 Å². The summed E-state index contributed by atoms with van der Waals surface area (Å²) in [5, 5.41) is 0.766. The van der Waals surface area contributed by atoms with Gasteiger partial charge in [-0.3, -0.25) is 0 Å². The van der Waals surface area contributed by atoms with Crippen molar-refractivity contribution in [3.05, 3.63) is 28.8 Å². The summed E-state index contributed by atoms with van der Waals surface area (Å²) < 4.78 is 0.269. The first kappa shape index (κ1) is 11.7. The molecular weight excluding hydrogens is 214 g/mol. The summed E-state index contributed by atoms with van der Waals surface area (Å²) in [6, 6.07) is 5.70. The average molecular weight is 230 g/mol. The lowest BCUT2D eigenvalue weighted by molar-refractivity contribution is 0.802. The summed E-state index contributed by atoms with van der Waals surface area (Å²) in [4.78, 5) is 0. The standard InChI is InChI=1S/C11H16ClNS/c1-11(2,3)14-7-8-4-5-9(13)6-10(8)12/h4-6H,7,13H2,1-3H3. The zero-order chi connectivity index (χ0) is 10.8. The van der Waals surface area contributed by atoms with Crippen LogP contribution in [0.1, 0.15) is 26.3 Å². The van der Waals surface area contributed by atoms with Crippen LogP contribution in [0, 0.1) is 0 Å². The lowest BCUT2D eigenvalue weighted by Gasteiger charge is -2.17. The van der Waals surface area contributed by atoms with Crippen molar-refractivity contribution in [2.75, 3.05) is 5.73 Å². The summed E-state index contributed by atoms with van der Waals surface area (Å²) >= 11 is 7.95. The van der Waals surface area contributed by atoms with E-state index in [1.807, 2.05) is 23.9 Å². The first-order valence-corrected chi connectivity index (χ1v) is 5.93. The Balaban J connectivity index is 2.68. The Morgan fingerprint density at radius 1 is 1.36 bits per heavy atom. The Labute approximate surface area is 95.0 Å². The van der Waals surface area contributed by atoms with Crippen molar-refractivity contribution in [2.45, 2.75) is 31.3 Å². The van der Waals surface area contributed by atoms with E-state index in [0.717, 1.165) is 22.0 Å². The molecule has 0 heterocycles. The largest absolute Gasteiger partial charge is 0.399 e. The summed E-state index contributed by atoms with van der Waals surface area (Å²) in [6.07, 6.45) is 0. The lowest BCUT2D eigenvalue weighted by atomic mass is 10.2. The zero-order valence-corrected chi connectivity index (χ0v) is 10.4. The molecule has 0 radical (unpaired) electrons. The highest BCUT2D eigenvalue weighted by Gasteiger charge is 2.11. The molecule has 0 bridgehead atoms. The van der Waals surface area contributed by atoms with Crippen LogP contribution in [0.4, 0.5) is 5.69 Å². The van der Waals surface area contributed by atoms with Crippen LogP contribution in [0.3, 0.4) is 0 Å². The topological polar surface area (TPSA) is 26.0 Å². The normalized spacial score (nSPS) is 11.7. The van der Waals surface area contributed by atoms with Gasteiger partial charge in [-0.1, -0.05) is 38.4 Å². The van der Waals surface area contributed by atoms with Crippen LogP contribution in [0.15, 0.2) is 18.2 Å². The number of hydrogen-bond donors (Lipinski definition) is 1. The van der Waals surface area contributed by atoms with E-state index in [-0.39, 0.29) is 4.75 Å². The van der Waals surface area contributed by atoms with Crippen molar-refractivity contribution in [3.8, 4) is 0 Å². The molecule has 14 heavy (non-hydrogen) atoms. The summed E-state index contributed by atoms with van der Waals surface area (Å²) in [6.45, 7) is 6.59. The third-order valence-corrected chi connectivity index (χ3v) is 3.41. The number of halogens is 1. The van der Waals surface area contributed by atoms with Gasteiger partial charge in [-0.05, 0) is 17.7 Å². The highest BCUT2D eigenvalue weighted by Crippen LogP contribution is 2.30. The van der Waals surface area contributed by atoms with Crippen molar-refractivity contribution >= 4 is 29.1 Å². The molecule has 0 spiro atoms. The second-order valence-corrected chi connectivity index (χ2v) is 6.46. The molecule has 1 rings (SSSR count). The Morgan fingerprint density at radius 2 is 2.00 bits per heavy atom. The maximum atomic E-state index is 6.07. The molecule has 0 aliphatic carbocycles. The van der Waals surface area contributed by atoms with Gasteiger partial charge in [0, 0.05) is 21.2 Å². The van der Waals surface area contributed by atoms with Gasteiger partial charge in [0.15, 0.2) is 0 Å². The van der Waals surface area contributed by atoms with E-state index < -0.39 is 0 Å². The average Bonchev–Trinajstić information content (AvgIpc) is 2.00. The molecule has 0 amide bonds. The molecule has 1 aromatic rings. The first-order valence-electron chi connectivity index (χ1n) is 4.56. The molecule has 0 aliphatic rings. The molecule has 0 saturated carbocycles. The Hall–Kier alpha value is -0.340. The summed E-state index contributed by atoms with van der Waals surface area (Å²) in [5.41, 5.74) is 7.49. The van der Waals surface area contributed by atoms with Gasteiger partial charge >= 0.3 is 0 Å². The number of thioether (sulfide) groups is 1. The van der Waals surface area contributed by atoms with Crippen molar-refractivity contribution in [2.24, 2.45) is 0 Å². The van der Waals surface area contributed by atoms with Crippen LogP contribution in [0.2, 0.25) is 5.02 Å². The van der Waals surface area contributed by atoms with E-state index >= 15 is 0 Å². The maximum absolute atomic E-state index is 6.07. The van der Waals surface area contributed by atoms with E-state index in [2.05, 4.69) is 20.8 Å². The number of nitrogen functional groups attached to an aromatic ring is 1. The smallest absolute Gasteiger partial charge is 0.0466 e. The van der Waals surface area contributed by atoms with Crippen LogP contribution in [-0.2, 0) is 5.75 Å². The van der Waals surface area contributed by atoms with Crippen molar-refractivity contribution in [3.63, 3.8) is 0 Å². The molecule has 0 saturated heterocycles. The quantitative estimate of drug-likeness (QED) is 0.778. The molecule has 1 aromatic carbocycles. The molecule has 2 N–H and O–H groups in total. The molecule has 78 valence electrons. The Morgan fingerprint density at radius 3 is 2.50 bits per heavy atom. The maximum Gasteiger partial charge on any atom is 0.0466 e. The molecule has 1 nitrogen and oxygen atoms in total. The molecule has 0 aromatic heterocycles. The fourth-order valence-corrected chi connectivity index (χ4v) is 2.15. The van der Waals surface area contributed by atoms with Crippen molar-refractivity contribution in [1.82, 2.24) is 0 Å². The lowest BCUT2D eigenvalue weighted by Crippen LogP contribution is -2.07. The van der Waals surface area contributed by atoms with Gasteiger partial charge in [-0.25, -0.2) is 0 Å². The second-order valence-electron chi connectivity index (χ2n) is 4.25. The van der Waals surface area contributed by atoms with Crippen LogP contribution in [-0.4, -0.2) is 4.75 Å². The summed E-state index contributed by atoms with van der Waals surface area (Å²) in [5.74, 6) is 0.933. The van der Waals surface area contributed by atoms with E-state index in [1.165, 1.54) is 0 Å². The van der Waals surface area contributed by atoms with Crippen LogP contribution in [0.5, 0.6) is 0 Å². The number of nitrogens with two attached hydrogens (primary N) is 1. The molecule has 0 atom stereocenters. The highest BCUT2D eigenvalue weighted by atomic mass is 35.5. The van der Waals surface area contributed by atoms with Gasteiger partial charge in [-0.15, -0.1) is 0 Å². The van der Waals surface area contributed by atoms with E-state index in [4.69, 9.17) is 17.3 Å². The van der Waals surface area contributed by atoms with Crippen LogP contribution >= 0.6 is 23.4 Å². The third kappa shape index (κ3) is 3.81. The second kappa shape index (κ2) is 4.45. The molecule has 0 unspecified atom stereocenters. The highest BCUT2D eigenvalue weighted by molar-refractivity contribution is 7.99. The number of benzene rings is 1. The third-order valence-electron chi connectivity index (χ3n) is 1.74. The number of rotatable bonds is 2. The predicted molar refractivity (Wildman–Crippen MR) is 66.9 cm³/mol. The van der Waals surface area contributed by atoms with Gasteiger partial charge in [0.2, 0.25) is 0 Å². The Kier molecular flexibility index (Phi) is 3.73. The fourth-order valence-electron chi connectivity index (χ4n) is 0.975. The summed E-state index contributed by atoms with van der Waals surface area (Å²) in [7, 11) is 0. The minimum Gasteiger partial charge on any atom is -0.399 e. The van der Waals surface area contributed by atoms with Crippen LogP contribution in [0.25, 0.3) is 0 Å². The Bertz CT molecular complexity index is 318. The first-order chi connectivity index (χ1) is 6.38. The van der Waals surface area contributed by atoms with Gasteiger partial charge < -0.3 is 5.73 Å². The zero-order valence-electron chi connectivity index (χ0n) is 8.80. The van der Waals surface area contributed by atoms with Crippen LogP contribution < -0.4 is 5.73 Å². The van der Waals surface area contributed by atoms with E-state index in [0.29, 0.717) is 0 Å².